The fourth-order valence-electron chi connectivity index (χ4n) is 2.51. The van der Waals surface area contributed by atoms with Crippen LogP contribution in [0.3, 0.4) is 0 Å². The molecule has 1 fully saturated rings. The maximum Gasteiger partial charge on any atom is 0.251 e. The van der Waals surface area contributed by atoms with Crippen molar-refractivity contribution in [2.75, 3.05) is 13.1 Å². The summed E-state index contributed by atoms with van der Waals surface area (Å²) in [5, 5.41) is 9.00. The van der Waals surface area contributed by atoms with Crippen molar-refractivity contribution in [2.24, 2.45) is 0 Å². The first kappa shape index (κ1) is 15.7. The standard InChI is InChI=1S/C18H16N4O2/c19-12-16-18(21-10-9-20-16)24-15-8-11-22(13-15)17(23)7-6-14-4-2-1-3-5-14/h1-7,9-10,15H,8,11,13H2/b7-6+. The zero-order valence-electron chi connectivity index (χ0n) is 13.0. The third kappa shape index (κ3) is 3.76. The number of aromatic nitrogens is 2. The molecule has 1 aromatic carbocycles. The highest BCUT2D eigenvalue weighted by molar-refractivity contribution is 5.92. The molecule has 3 rings (SSSR count). The predicted octanol–water partition coefficient (Wildman–Crippen LogP) is 2.04. The van der Waals surface area contributed by atoms with Crippen molar-refractivity contribution in [3.63, 3.8) is 0 Å². The molecule has 1 unspecified atom stereocenters. The van der Waals surface area contributed by atoms with Gasteiger partial charge in [0.1, 0.15) is 12.2 Å². The van der Waals surface area contributed by atoms with Gasteiger partial charge in [-0.05, 0) is 11.6 Å². The maximum absolute atomic E-state index is 12.2. The van der Waals surface area contributed by atoms with Crippen LogP contribution in [0.1, 0.15) is 17.7 Å². The fourth-order valence-corrected chi connectivity index (χ4v) is 2.51. The van der Waals surface area contributed by atoms with Crippen LogP contribution in [0.25, 0.3) is 6.08 Å². The minimum Gasteiger partial charge on any atom is -0.470 e. The Morgan fingerprint density at radius 3 is 2.88 bits per heavy atom. The number of carbonyl (C=O) groups is 1. The van der Waals surface area contributed by atoms with Crippen LogP contribution >= 0.6 is 0 Å². The van der Waals surface area contributed by atoms with Crippen LogP contribution < -0.4 is 4.74 Å². The molecule has 1 atom stereocenters. The second kappa shape index (κ2) is 7.38. The summed E-state index contributed by atoms with van der Waals surface area (Å²) in [7, 11) is 0. The quantitative estimate of drug-likeness (QED) is 0.806. The number of hydrogen-bond donors (Lipinski definition) is 0. The summed E-state index contributed by atoms with van der Waals surface area (Å²) >= 11 is 0. The summed E-state index contributed by atoms with van der Waals surface area (Å²) < 4.78 is 5.73. The van der Waals surface area contributed by atoms with E-state index in [0.29, 0.717) is 19.5 Å². The molecule has 1 aromatic heterocycles. The third-order valence-corrected chi connectivity index (χ3v) is 3.72. The molecule has 0 spiro atoms. The lowest BCUT2D eigenvalue weighted by molar-refractivity contribution is -0.125. The molecule has 1 saturated heterocycles. The van der Waals surface area contributed by atoms with Crippen LogP contribution in [0.5, 0.6) is 5.88 Å². The first-order valence-electron chi connectivity index (χ1n) is 7.66. The zero-order valence-corrected chi connectivity index (χ0v) is 13.0. The van der Waals surface area contributed by atoms with E-state index in [1.807, 2.05) is 36.4 Å². The molecule has 24 heavy (non-hydrogen) atoms. The highest BCUT2D eigenvalue weighted by Gasteiger charge is 2.27. The summed E-state index contributed by atoms with van der Waals surface area (Å²) in [6, 6.07) is 11.6. The van der Waals surface area contributed by atoms with Gasteiger partial charge in [0.25, 0.3) is 5.88 Å². The Morgan fingerprint density at radius 2 is 2.08 bits per heavy atom. The number of ether oxygens (including phenoxy) is 1. The topological polar surface area (TPSA) is 79.1 Å². The van der Waals surface area contributed by atoms with E-state index in [9.17, 15) is 4.79 Å². The van der Waals surface area contributed by atoms with E-state index in [1.165, 1.54) is 12.4 Å². The second-order valence-corrected chi connectivity index (χ2v) is 5.38. The van der Waals surface area contributed by atoms with Gasteiger partial charge in [-0.2, -0.15) is 5.26 Å². The molecule has 0 bridgehead atoms. The number of carbonyl (C=O) groups excluding carboxylic acids is 1. The van der Waals surface area contributed by atoms with E-state index in [1.54, 1.807) is 17.1 Å². The molecule has 2 aromatic rings. The van der Waals surface area contributed by atoms with Crippen molar-refractivity contribution < 1.29 is 9.53 Å². The van der Waals surface area contributed by atoms with Crippen LogP contribution in [0.15, 0.2) is 48.8 Å². The van der Waals surface area contributed by atoms with Crippen LogP contribution in [0, 0.1) is 11.3 Å². The zero-order chi connectivity index (χ0) is 16.8. The molecule has 1 aliphatic rings. The first-order chi connectivity index (χ1) is 11.8. The van der Waals surface area contributed by atoms with Gasteiger partial charge in [-0.15, -0.1) is 0 Å². The van der Waals surface area contributed by atoms with Gasteiger partial charge in [-0.1, -0.05) is 30.3 Å². The van der Waals surface area contributed by atoms with Crippen molar-refractivity contribution in [2.45, 2.75) is 12.5 Å². The molecular formula is C18H16N4O2. The monoisotopic (exact) mass is 320 g/mol. The Hall–Kier alpha value is -3.20. The lowest BCUT2D eigenvalue weighted by Gasteiger charge is -2.15. The molecule has 1 amide bonds. The number of nitrogens with zero attached hydrogens (tertiary/aromatic N) is 4. The van der Waals surface area contributed by atoms with Crippen LogP contribution in [0.2, 0.25) is 0 Å². The van der Waals surface area contributed by atoms with E-state index in [2.05, 4.69) is 9.97 Å². The van der Waals surface area contributed by atoms with Gasteiger partial charge in [0.05, 0.1) is 6.54 Å². The number of rotatable bonds is 4. The average molecular weight is 320 g/mol. The molecule has 0 aliphatic carbocycles. The Balaban J connectivity index is 1.58. The highest BCUT2D eigenvalue weighted by Crippen LogP contribution is 2.18. The Bertz CT molecular complexity index is 783. The summed E-state index contributed by atoms with van der Waals surface area (Å²) in [6.07, 6.45) is 6.82. The lowest BCUT2D eigenvalue weighted by Crippen LogP contribution is -2.29. The van der Waals surface area contributed by atoms with Gasteiger partial charge >= 0.3 is 0 Å². The van der Waals surface area contributed by atoms with Gasteiger partial charge in [-0.25, -0.2) is 9.97 Å². The van der Waals surface area contributed by atoms with Gasteiger partial charge in [-0.3, -0.25) is 4.79 Å². The molecule has 0 radical (unpaired) electrons. The van der Waals surface area contributed by atoms with E-state index < -0.39 is 0 Å². The van der Waals surface area contributed by atoms with Crippen molar-refractivity contribution in [1.82, 2.24) is 14.9 Å². The SMILES string of the molecule is N#Cc1nccnc1OC1CCN(C(=O)/C=C/c2ccccc2)C1. The number of amides is 1. The Kier molecular flexibility index (Phi) is 4.82. The summed E-state index contributed by atoms with van der Waals surface area (Å²) in [4.78, 5) is 21.9. The molecular weight excluding hydrogens is 304 g/mol. The summed E-state index contributed by atoms with van der Waals surface area (Å²) in [5.74, 6) is 0.170. The molecule has 6 nitrogen and oxygen atoms in total. The minimum atomic E-state index is -0.178. The summed E-state index contributed by atoms with van der Waals surface area (Å²) in [5.41, 5.74) is 1.14. The van der Waals surface area contributed by atoms with E-state index in [4.69, 9.17) is 10.00 Å². The Morgan fingerprint density at radius 1 is 1.29 bits per heavy atom. The molecule has 1 aliphatic heterocycles. The van der Waals surface area contributed by atoms with Crippen molar-refractivity contribution >= 4 is 12.0 Å². The number of likely N-dealkylation sites (tertiary alicyclic amines) is 1. The van der Waals surface area contributed by atoms with Crippen LogP contribution in [-0.4, -0.2) is 40.0 Å². The fraction of sp³-hybridized carbons (Fsp3) is 0.222. The van der Waals surface area contributed by atoms with Crippen LogP contribution in [-0.2, 0) is 4.79 Å². The van der Waals surface area contributed by atoms with Crippen molar-refractivity contribution in [1.29, 1.82) is 5.26 Å². The highest BCUT2D eigenvalue weighted by atomic mass is 16.5. The van der Waals surface area contributed by atoms with Crippen molar-refractivity contribution in [3.05, 3.63) is 60.1 Å². The first-order valence-corrected chi connectivity index (χ1v) is 7.66. The molecule has 120 valence electrons. The summed E-state index contributed by atoms with van der Waals surface area (Å²) in [6.45, 7) is 1.09. The van der Waals surface area contributed by atoms with Crippen LogP contribution in [0.4, 0.5) is 0 Å². The molecule has 0 N–H and O–H groups in total. The number of nitriles is 1. The molecule has 0 saturated carbocycles. The van der Waals surface area contributed by atoms with Gasteiger partial charge < -0.3 is 9.64 Å². The van der Waals surface area contributed by atoms with Gasteiger partial charge in [0.15, 0.2) is 0 Å². The normalized spacial score (nSPS) is 17.0. The van der Waals surface area contributed by atoms with Crippen molar-refractivity contribution in [3.8, 4) is 11.9 Å². The Labute approximate surface area is 140 Å². The number of benzene rings is 1. The smallest absolute Gasteiger partial charge is 0.251 e. The number of hydrogen-bond acceptors (Lipinski definition) is 5. The molecule has 2 heterocycles. The predicted molar refractivity (Wildman–Crippen MR) is 87.8 cm³/mol. The van der Waals surface area contributed by atoms with E-state index in [-0.39, 0.29) is 23.6 Å². The van der Waals surface area contributed by atoms with E-state index >= 15 is 0 Å². The maximum atomic E-state index is 12.2. The second-order valence-electron chi connectivity index (χ2n) is 5.38. The third-order valence-electron chi connectivity index (χ3n) is 3.72. The lowest BCUT2D eigenvalue weighted by atomic mass is 10.2. The minimum absolute atomic E-state index is 0.0513. The van der Waals surface area contributed by atoms with E-state index in [0.717, 1.165) is 5.56 Å². The van der Waals surface area contributed by atoms with Gasteiger partial charge in [0, 0.05) is 31.4 Å². The van der Waals surface area contributed by atoms with Gasteiger partial charge in [0.2, 0.25) is 11.6 Å². The average Bonchev–Trinajstić information content (AvgIpc) is 3.10. The largest absolute Gasteiger partial charge is 0.470 e. The molecule has 6 heteroatoms.